The van der Waals surface area contributed by atoms with Gasteiger partial charge in [-0.05, 0) is 0 Å². The fraction of sp³-hybridized carbons (Fsp3) is 0.600. The average Bonchev–Trinajstić information content (AvgIpc) is 1.87. The van der Waals surface area contributed by atoms with Gasteiger partial charge in [-0.2, -0.15) is 0 Å². The number of carbonyl (C=O) groups excluding carboxylic acids is 2. The van der Waals surface area contributed by atoms with E-state index >= 15 is 0 Å². The fourth-order valence-electron chi connectivity index (χ4n) is 0.483. The summed E-state index contributed by atoms with van der Waals surface area (Å²) in [7, 11) is 0. The zero-order valence-corrected chi connectivity index (χ0v) is 6.02. The number of hydrogen-bond donors (Lipinski definition) is 3. The lowest BCUT2D eigenvalue weighted by Crippen LogP contribution is -2.35. The number of hydrogen-bond acceptors (Lipinski definition) is 3. The van der Waals surface area contributed by atoms with Crippen LogP contribution in [0.5, 0.6) is 0 Å². The van der Waals surface area contributed by atoms with Crippen molar-refractivity contribution in [3.05, 3.63) is 0 Å². The summed E-state index contributed by atoms with van der Waals surface area (Å²) in [5.74, 6) is -0.899. The SMILES string of the molecule is [NH]CNC(=O)CC(=O)NCN. The highest BCUT2D eigenvalue weighted by atomic mass is 16.2. The smallest absolute Gasteiger partial charge is 0.230 e. The summed E-state index contributed by atoms with van der Waals surface area (Å²) >= 11 is 0. The molecule has 0 heterocycles. The van der Waals surface area contributed by atoms with Crippen molar-refractivity contribution >= 4 is 11.8 Å². The molecule has 0 aromatic carbocycles. The van der Waals surface area contributed by atoms with Gasteiger partial charge in [0.15, 0.2) is 0 Å². The van der Waals surface area contributed by atoms with Gasteiger partial charge < -0.3 is 16.4 Å². The Bertz CT molecular complexity index is 131. The zero-order valence-electron chi connectivity index (χ0n) is 6.02. The molecular formula is C5H11N4O2. The van der Waals surface area contributed by atoms with Crippen LogP contribution >= 0.6 is 0 Å². The lowest BCUT2D eigenvalue weighted by molar-refractivity contribution is -0.129. The number of carbonyl (C=O) groups is 2. The van der Waals surface area contributed by atoms with Gasteiger partial charge in [-0.3, -0.25) is 9.59 Å². The molecule has 0 saturated carbocycles. The van der Waals surface area contributed by atoms with Crippen molar-refractivity contribution in [2.24, 2.45) is 5.73 Å². The van der Waals surface area contributed by atoms with Crippen molar-refractivity contribution in [3.63, 3.8) is 0 Å². The molecule has 5 N–H and O–H groups in total. The molecule has 0 saturated heterocycles. The molecule has 0 rings (SSSR count). The van der Waals surface area contributed by atoms with Crippen LogP contribution in [-0.4, -0.2) is 25.2 Å². The van der Waals surface area contributed by atoms with E-state index in [9.17, 15) is 9.59 Å². The van der Waals surface area contributed by atoms with E-state index in [2.05, 4.69) is 10.6 Å². The van der Waals surface area contributed by atoms with Gasteiger partial charge >= 0.3 is 0 Å². The molecule has 0 fully saturated rings. The molecule has 11 heavy (non-hydrogen) atoms. The minimum Gasteiger partial charge on any atom is -0.343 e. The molecule has 6 nitrogen and oxygen atoms in total. The predicted octanol–water partition coefficient (Wildman–Crippen LogP) is -2.23. The molecule has 0 aromatic heterocycles. The molecule has 0 bridgehead atoms. The van der Waals surface area contributed by atoms with Crippen LogP contribution in [0.1, 0.15) is 6.42 Å². The second-order valence-electron chi connectivity index (χ2n) is 1.76. The zero-order chi connectivity index (χ0) is 8.69. The van der Waals surface area contributed by atoms with E-state index in [0.717, 1.165) is 0 Å². The van der Waals surface area contributed by atoms with Crippen LogP contribution < -0.4 is 22.1 Å². The molecule has 0 aliphatic heterocycles. The molecule has 0 aromatic rings. The van der Waals surface area contributed by atoms with Crippen molar-refractivity contribution in [2.75, 3.05) is 13.3 Å². The number of amides is 2. The summed E-state index contributed by atoms with van der Waals surface area (Å²) in [5.41, 5.74) is 11.6. The van der Waals surface area contributed by atoms with Gasteiger partial charge in [-0.15, -0.1) is 0 Å². The molecular weight excluding hydrogens is 148 g/mol. The third-order valence-electron chi connectivity index (χ3n) is 0.906. The highest BCUT2D eigenvalue weighted by molar-refractivity contribution is 5.96. The third-order valence-corrected chi connectivity index (χ3v) is 0.906. The lowest BCUT2D eigenvalue weighted by atomic mass is 10.4. The van der Waals surface area contributed by atoms with E-state index in [1.54, 1.807) is 0 Å². The molecule has 0 spiro atoms. The maximum atomic E-state index is 10.6. The van der Waals surface area contributed by atoms with E-state index in [1.807, 2.05) is 0 Å². The van der Waals surface area contributed by atoms with E-state index in [4.69, 9.17) is 11.5 Å². The van der Waals surface area contributed by atoms with Gasteiger partial charge in [0.05, 0.1) is 13.3 Å². The van der Waals surface area contributed by atoms with E-state index < -0.39 is 11.8 Å². The molecule has 0 unspecified atom stereocenters. The van der Waals surface area contributed by atoms with Gasteiger partial charge in [0.2, 0.25) is 11.8 Å². The summed E-state index contributed by atoms with van der Waals surface area (Å²) in [6.45, 7) is -0.193. The minimum atomic E-state index is -0.467. The standard InChI is InChI=1S/C5H11N4O2/c6-2-8-4(10)1-5(11)9-3-7/h6H,1-3,7H2,(H,8,10)(H,9,11). The van der Waals surface area contributed by atoms with Crippen molar-refractivity contribution in [1.29, 1.82) is 0 Å². The molecule has 0 aliphatic rings. The van der Waals surface area contributed by atoms with Gasteiger partial charge in [0.1, 0.15) is 6.42 Å². The Balaban J connectivity index is 3.49. The first-order valence-electron chi connectivity index (χ1n) is 3.08. The van der Waals surface area contributed by atoms with Gasteiger partial charge in [-0.1, -0.05) is 0 Å². The molecule has 0 atom stereocenters. The maximum Gasteiger partial charge on any atom is 0.230 e. The summed E-state index contributed by atoms with van der Waals surface area (Å²) in [6, 6.07) is 0. The molecule has 1 radical (unpaired) electrons. The summed E-state index contributed by atoms with van der Waals surface area (Å²) in [4.78, 5) is 21.2. The number of rotatable bonds is 4. The summed E-state index contributed by atoms with van der Waals surface area (Å²) in [5, 5.41) is 4.41. The number of nitrogens with one attached hydrogen (secondary N) is 3. The second kappa shape index (κ2) is 5.63. The van der Waals surface area contributed by atoms with Crippen LogP contribution in [0.15, 0.2) is 0 Å². The monoisotopic (exact) mass is 159 g/mol. The quantitative estimate of drug-likeness (QED) is 0.319. The van der Waals surface area contributed by atoms with Crippen molar-refractivity contribution in [3.8, 4) is 0 Å². The normalized spacial score (nSPS) is 8.91. The minimum absolute atomic E-state index is 0.0208. The van der Waals surface area contributed by atoms with Crippen molar-refractivity contribution in [1.82, 2.24) is 16.4 Å². The van der Waals surface area contributed by atoms with Crippen LogP contribution in [0.4, 0.5) is 0 Å². The Kier molecular flexibility index (Phi) is 5.05. The number of nitrogens with two attached hydrogens (primary N) is 1. The second-order valence-corrected chi connectivity index (χ2v) is 1.76. The van der Waals surface area contributed by atoms with E-state index in [-0.39, 0.29) is 19.8 Å². The first kappa shape index (κ1) is 9.86. The van der Waals surface area contributed by atoms with Crippen LogP contribution in [-0.2, 0) is 9.59 Å². The first-order valence-corrected chi connectivity index (χ1v) is 3.08. The average molecular weight is 159 g/mol. The van der Waals surface area contributed by atoms with E-state index in [0.29, 0.717) is 0 Å². The molecule has 2 amide bonds. The van der Waals surface area contributed by atoms with Crippen LogP contribution in [0, 0.1) is 0 Å². The topological polar surface area (TPSA) is 108 Å². The van der Waals surface area contributed by atoms with Crippen molar-refractivity contribution < 1.29 is 9.59 Å². The summed E-state index contributed by atoms with van der Waals surface area (Å²) < 4.78 is 0. The van der Waals surface area contributed by atoms with Gasteiger partial charge in [0.25, 0.3) is 0 Å². The van der Waals surface area contributed by atoms with Crippen LogP contribution in [0.3, 0.4) is 0 Å². The highest BCUT2D eigenvalue weighted by Gasteiger charge is 2.05. The van der Waals surface area contributed by atoms with Crippen LogP contribution in [0.25, 0.3) is 0 Å². The Labute approximate surface area is 64.3 Å². The van der Waals surface area contributed by atoms with Gasteiger partial charge in [-0.25, -0.2) is 5.73 Å². The lowest BCUT2D eigenvalue weighted by Gasteiger charge is -2.01. The van der Waals surface area contributed by atoms with E-state index in [1.165, 1.54) is 0 Å². The Morgan fingerprint density at radius 1 is 1.27 bits per heavy atom. The molecule has 0 aliphatic carbocycles. The predicted molar refractivity (Wildman–Crippen MR) is 37.9 cm³/mol. The Morgan fingerprint density at radius 3 is 2.27 bits per heavy atom. The third kappa shape index (κ3) is 5.31. The highest BCUT2D eigenvalue weighted by Crippen LogP contribution is 1.77. The molecule has 63 valence electrons. The largest absolute Gasteiger partial charge is 0.343 e. The Hall–Kier alpha value is -1.14. The van der Waals surface area contributed by atoms with Crippen molar-refractivity contribution in [2.45, 2.75) is 6.42 Å². The maximum absolute atomic E-state index is 10.6. The first-order chi connectivity index (χ1) is 5.20. The Morgan fingerprint density at radius 2 is 1.82 bits per heavy atom. The fourth-order valence-corrected chi connectivity index (χ4v) is 0.483. The van der Waals surface area contributed by atoms with Crippen LogP contribution in [0.2, 0.25) is 0 Å². The van der Waals surface area contributed by atoms with Gasteiger partial charge in [0, 0.05) is 0 Å². The molecule has 6 heteroatoms. The summed E-state index contributed by atoms with van der Waals surface area (Å²) in [6.07, 6.45) is -0.268.